The summed E-state index contributed by atoms with van der Waals surface area (Å²) in [5.41, 5.74) is 2.38. The number of aliphatic hydroxyl groups excluding tert-OH is 1. The van der Waals surface area contributed by atoms with Gasteiger partial charge in [0.1, 0.15) is 6.04 Å². The van der Waals surface area contributed by atoms with Crippen molar-refractivity contribution < 1.29 is 24.2 Å². The number of methoxy groups -OCH3 is 2. The number of nitrogens with one attached hydrogen (secondary N) is 1. The highest BCUT2D eigenvalue weighted by Crippen LogP contribution is 2.29. The number of nitrogens with zero attached hydrogens (tertiary/aromatic N) is 1. The Hall–Kier alpha value is -3.84. The lowest BCUT2D eigenvalue weighted by Crippen LogP contribution is -2.44. The Morgan fingerprint density at radius 3 is 2.17 bits per heavy atom. The lowest BCUT2D eigenvalue weighted by Gasteiger charge is -2.32. The summed E-state index contributed by atoms with van der Waals surface area (Å²) >= 11 is 0. The number of hydrogen-bond acceptors (Lipinski definition) is 5. The van der Waals surface area contributed by atoms with Crippen LogP contribution < -0.4 is 14.8 Å². The zero-order valence-corrected chi connectivity index (χ0v) is 20.1. The second kappa shape index (κ2) is 13.2. The fraction of sp³-hybridized carbons (Fsp3) is 0.286. The Balaban J connectivity index is 1.97. The number of benzene rings is 3. The van der Waals surface area contributed by atoms with Gasteiger partial charge in [0.2, 0.25) is 11.8 Å². The SMILES string of the molecule is COc1ccc(CC(=O)N(Cc2ccccc2)C(C(=O)NCCCO)c2ccccc2)cc1OC. The zero-order valence-electron chi connectivity index (χ0n) is 20.1. The number of ether oxygens (including phenoxy) is 2. The molecule has 0 saturated carbocycles. The van der Waals surface area contributed by atoms with E-state index in [2.05, 4.69) is 5.32 Å². The van der Waals surface area contributed by atoms with E-state index in [1.165, 1.54) is 0 Å². The molecule has 0 radical (unpaired) electrons. The Morgan fingerprint density at radius 2 is 1.54 bits per heavy atom. The standard InChI is InChI=1S/C28H32N2O5/c1-34-24-15-14-22(18-25(24)35-2)19-26(32)30(20-21-10-5-3-6-11-21)27(23-12-7-4-8-13-23)28(33)29-16-9-17-31/h3-8,10-15,18,27,31H,9,16-17,19-20H2,1-2H3,(H,29,33). The van der Waals surface area contributed by atoms with Gasteiger partial charge in [0, 0.05) is 19.7 Å². The molecule has 1 unspecified atom stereocenters. The van der Waals surface area contributed by atoms with E-state index >= 15 is 0 Å². The summed E-state index contributed by atoms with van der Waals surface area (Å²) in [6, 6.07) is 23.4. The van der Waals surface area contributed by atoms with Gasteiger partial charge in [0.25, 0.3) is 0 Å². The summed E-state index contributed by atoms with van der Waals surface area (Å²) in [6.45, 7) is 0.559. The third kappa shape index (κ3) is 7.07. The first-order chi connectivity index (χ1) is 17.1. The molecule has 0 aromatic heterocycles. The molecule has 0 saturated heterocycles. The van der Waals surface area contributed by atoms with Crippen LogP contribution in [0.5, 0.6) is 11.5 Å². The highest BCUT2D eigenvalue weighted by molar-refractivity contribution is 5.89. The maximum absolute atomic E-state index is 13.8. The largest absolute Gasteiger partial charge is 0.493 e. The summed E-state index contributed by atoms with van der Waals surface area (Å²) in [5, 5.41) is 12.0. The van der Waals surface area contributed by atoms with Gasteiger partial charge < -0.3 is 24.8 Å². The second-order valence-electron chi connectivity index (χ2n) is 8.05. The van der Waals surface area contributed by atoms with Crippen molar-refractivity contribution in [3.05, 3.63) is 95.6 Å². The van der Waals surface area contributed by atoms with Crippen molar-refractivity contribution in [1.29, 1.82) is 0 Å². The van der Waals surface area contributed by atoms with Crippen molar-refractivity contribution in [3.8, 4) is 11.5 Å². The Labute approximate surface area is 206 Å². The van der Waals surface area contributed by atoms with Gasteiger partial charge in [-0.1, -0.05) is 66.7 Å². The van der Waals surface area contributed by atoms with Gasteiger partial charge in [-0.25, -0.2) is 0 Å². The van der Waals surface area contributed by atoms with Crippen LogP contribution in [0.4, 0.5) is 0 Å². The fourth-order valence-corrected chi connectivity index (χ4v) is 3.87. The molecule has 3 aromatic carbocycles. The third-order valence-electron chi connectivity index (χ3n) is 5.63. The number of amides is 2. The van der Waals surface area contributed by atoms with Crippen molar-refractivity contribution in [2.45, 2.75) is 25.4 Å². The Morgan fingerprint density at radius 1 is 0.886 bits per heavy atom. The van der Waals surface area contributed by atoms with E-state index < -0.39 is 6.04 Å². The number of aliphatic hydroxyl groups is 1. The lowest BCUT2D eigenvalue weighted by atomic mass is 10.0. The average molecular weight is 477 g/mol. The number of carbonyl (C=O) groups excluding carboxylic acids is 2. The quantitative estimate of drug-likeness (QED) is 0.391. The van der Waals surface area contributed by atoms with E-state index in [-0.39, 0.29) is 31.4 Å². The molecule has 0 heterocycles. The van der Waals surface area contributed by atoms with Crippen molar-refractivity contribution in [1.82, 2.24) is 10.2 Å². The molecule has 1 atom stereocenters. The van der Waals surface area contributed by atoms with E-state index in [1.54, 1.807) is 31.3 Å². The minimum absolute atomic E-state index is 0.0255. The maximum Gasteiger partial charge on any atom is 0.247 e. The maximum atomic E-state index is 13.8. The first kappa shape index (κ1) is 25.8. The molecule has 184 valence electrons. The molecule has 0 aliphatic heterocycles. The summed E-state index contributed by atoms with van der Waals surface area (Å²) in [7, 11) is 3.11. The van der Waals surface area contributed by atoms with Crippen LogP contribution in [0.25, 0.3) is 0 Å². The van der Waals surface area contributed by atoms with E-state index in [0.717, 1.165) is 11.1 Å². The van der Waals surface area contributed by atoms with Crippen LogP contribution in [0, 0.1) is 0 Å². The first-order valence-electron chi connectivity index (χ1n) is 11.5. The molecule has 3 aromatic rings. The van der Waals surface area contributed by atoms with Crippen LogP contribution in [0.1, 0.15) is 29.2 Å². The molecule has 2 amide bonds. The van der Waals surface area contributed by atoms with Crippen LogP contribution in [-0.2, 0) is 22.6 Å². The fourth-order valence-electron chi connectivity index (χ4n) is 3.87. The number of carbonyl (C=O) groups is 2. The minimum Gasteiger partial charge on any atom is -0.493 e. The van der Waals surface area contributed by atoms with Crippen LogP contribution in [0.15, 0.2) is 78.9 Å². The van der Waals surface area contributed by atoms with Crippen molar-refractivity contribution >= 4 is 11.8 Å². The second-order valence-corrected chi connectivity index (χ2v) is 8.05. The molecular formula is C28H32N2O5. The zero-order chi connectivity index (χ0) is 25.0. The average Bonchev–Trinajstić information content (AvgIpc) is 2.89. The van der Waals surface area contributed by atoms with Gasteiger partial charge in [0.05, 0.1) is 20.6 Å². The molecule has 0 aliphatic rings. The van der Waals surface area contributed by atoms with Crippen LogP contribution in [-0.4, -0.2) is 49.2 Å². The van der Waals surface area contributed by atoms with E-state index in [1.807, 2.05) is 66.7 Å². The topological polar surface area (TPSA) is 88.1 Å². The Bertz CT molecular complexity index is 1090. The number of hydrogen-bond donors (Lipinski definition) is 2. The van der Waals surface area contributed by atoms with Gasteiger partial charge in [0.15, 0.2) is 11.5 Å². The predicted molar refractivity (Wildman–Crippen MR) is 134 cm³/mol. The number of rotatable bonds is 12. The molecular weight excluding hydrogens is 444 g/mol. The molecule has 7 heteroatoms. The van der Waals surface area contributed by atoms with Crippen LogP contribution in [0.2, 0.25) is 0 Å². The van der Waals surface area contributed by atoms with Gasteiger partial charge in [-0.2, -0.15) is 0 Å². The van der Waals surface area contributed by atoms with Gasteiger partial charge in [-0.3, -0.25) is 9.59 Å². The molecule has 7 nitrogen and oxygen atoms in total. The van der Waals surface area contributed by atoms with Gasteiger partial charge in [-0.05, 0) is 35.2 Å². The van der Waals surface area contributed by atoms with Crippen LogP contribution >= 0.6 is 0 Å². The molecule has 3 rings (SSSR count). The van der Waals surface area contributed by atoms with E-state index in [9.17, 15) is 9.59 Å². The predicted octanol–water partition coefficient (Wildman–Crippen LogP) is 3.52. The van der Waals surface area contributed by atoms with Crippen molar-refractivity contribution in [2.24, 2.45) is 0 Å². The molecule has 0 aliphatic carbocycles. The van der Waals surface area contributed by atoms with Crippen molar-refractivity contribution in [3.63, 3.8) is 0 Å². The lowest BCUT2D eigenvalue weighted by molar-refractivity contribution is -0.141. The Kier molecular flexibility index (Phi) is 9.69. The molecule has 0 fully saturated rings. The normalized spacial score (nSPS) is 11.4. The highest BCUT2D eigenvalue weighted by Gasteiger charge is 2.31. The van der Waals surface area contributed by atoms with Gasteiger partial charge >= 0.3 is 0 Å². The molecule has 35 heavy (non-hydrogen) atoms. The summed E-state index contributed by atoms with van der Waals surface area (Å²) in [6.07, 6.45) is 0.520. The summed E-state index contributed by atoms with van der Waals surface area (Å²) in [5.74, 6) is 0.623. The third-order valence-corrected chi connectivity index (χ3v) is 5.63. The molecule has 2 N–H and O–H groups in total. The summed E-state index contributed by atoms with van der Waals surface area (Å²) in [4.78, 5) is 28.7. The first-order valence-corrected chi connectivity index (χ1v) is 11.5. The highest BCUT2D eigenvalue weighted by atomic mass is 16.5. The van der Waals surface area contributed by atoms with Crippen molar-refractivity contribution in [2.75, 3.05) is 27.4 Å². The molecule has 0 bridgehead atoms. The monoisotopic (exact) mass is 476 g/mol. The van der Waals surface area contributed by atoms with Gasteiger partial charge in [-0.15, -0.1) is 0 Å². The molecule has 0 spiro atoms. The van der Waals surface area contributed by atoms with E-state index in [4.69, 9.17) is 14.6 Å². The smallest absolute Gasteiger partial charge is 0.247 e. The van der Waals surface area contributed by atoms with E-state index in [0.29, 0.717) is 30.0 Å². The summed E-state index contributed by atoms with van der Waals surface area (Å²) < 4.78 is 10.7. The van der Waals surface area contributed by atoms with Crippen LogP contribution in [0.3, 0.4) is 0 Å². The minimum atomic E-state index is -0.831.